The summed E-state index contributed by atoms with van der Waals surface area (Å²) in [4.78, 5) is 0. The molecule has 0 saturated heterocycles. The number of ether oxygens (including phenoxy) is 1. The normalized spacial score (nSPS) is 25.2. The molecular weight excluding hydrogens is 426 g/mol. The fourth-order valence-corrected chi connectivity index (χ4v) is 6.25. The molecule has 2 fully saturated rings. The summed E-state index contributed by atoms with van der Waals surface area (Å²) in [5, 5.41) is 1.03. The van der Waals surface area contributed by atoms with Crippen molar-refractivity contribution in [3.63, 3.8) is 0 Å². The molecule has 0 aliphatic heterocycles. The molecule has 0 bridgehead atoms. The van der Waals surface area contributed by atoms with Gasteiger partial charge in [0.05, 0.1) is 0 Å². The largest absolute Gasteiger partial charge is 0.486 e. The number of benzene rings is 2. The molecule has 1 nitrogen and oxygen atoms in total. The van der Waals surface area contributed by atoms with E-state index in [1.807, 2.05) is 12.1 Å². The van der Waals surface area contributed by atoms with Gasteiger partial charge in [-0.2, -0.15) is 4.39 Å². The molecule has 3 heteroatoms. The summed E-state index contributed by atoms with van der Waals surface area (Å²) < 4.78 is 34.5. The highest BCUT2D eigenvalue weighted by atomic mass is 19.2. The molecule has 2 saturated carbocycles. The molecular formula is C31H40F2O. The summed E-state index contributed by atoms with van der Waals surface area (Å²) in [6.07, 6.45) is 19.3. The smallest absolute Gasteiger partial charge is 0.201 e. The number of halogens is 2. The zero-order valence-corrected chi connectivity index (χ0v) is 20.5. The summed E-state index contributed by atoms with van der Waals surface area (Å²) in [7, 11) is 0. The SMILES string of the molecule is C=CCCC1CCC(CCC2CCC(c3ccc4cc(OCC=C)c(F)c(F)c4c3)CC2)CC1. The van der Waals surface area contributed by atoms with Gasteiger partial charge in [-0.1, -0.05) is 69.4 Å². The second kappa shape index (κ2) is 12.0. The van der Waals surface area contributed by atoms with Crippen LogP contribution in [0, 0.1) is 29.4 Å². The number of hydrogen-bond donors (Lipinski definition) is 0. The van der Waals surface area contributed by atoms with Crippen molar-refractivity contribution < 1.29 is 13.5 Å². The molecule has 2 aromatic carbocycles. The maximum Gasteiger partial charge on any atom is 0.201 e. The van der Waals surface area contributed by atoms with E-state index < -0.39 is 11.6 Å². The van der Waals surface area contributed by atoms with E-state index in [9.17, 15) is 8.78 Å². The van der Waals surface area contributed by atoms with E-state index >= 15 is 0 Å². The minimum atomic E-state index is -0.912. The Morgan fingerprint density at radius 2 is 1.38 bits per heavy atom. The molecule has 0 heterocycles. The van der Waals surface area contributed by atoms with E-state index in [2.05, 4.69) is 25.3 Å². The van der Waals surface area contributed by atoms with Crippen LogP contribution in [0.3, 0.4) is 0 Å². The van der Waals surface area contributed by atoms with Gasteiger partial charge < -0.3 is 4.74 Å². The average molecular weight is 467 g/mol. The van der Waals surface area contributed by atoms with Gasteiger partial charge >= 0.3 is 0 Å². The van der Waals surface area contributed by atoms with E-state index in [0.717, 1.165) is 36.2 Å². The van der Waals surface area contributed by atoms with E-state index in [1.54, 1.807) is 6.07 Å². The first-order valence-electron chi connectivity index (χ1n) is 13.3. The van der Waals surface area contributed by atoms with Gasteiger partial charge in [0, 0.05) is 5.39 Å². The molecule has 4 rings (SSSR count). The van der Waals surface area contributed by atoms with Crippen molar-refractivity contribution in [3.05, 3.63) is 66.8 Å². The van der Waals surface area contributed by atoms with Crippen LogP contribution in [0.25, 0.3) is 10.8 Å². The van der Waals surface area contributed by atoms with Crippen molar-refractivity contribution in [2.45, 2.75) is 83.0 Å². The van der Waals surface area contributed by atoms with Gasteiger partial charge in [0.1, 0.15) is 6.61 Å². The lowest BCUT2D eigenvalue weighted by Crippen LogP contribution is -2.17. The Morgan fingerprint density at radius 3 is 2.00 bits per heavy atom. The lowest BCUT2D eigenvalue weighted by molar-refractivity contribution is 0.225. The molecule has 0 spiro atoms. The molecule has 0 atom stereocenters. The van der Waals surface area contributed by atoms with Crippen LogP contribution < -0.4 is 4.74 Å². The molecule has 2 aliphatic carbocycles. The van der Waals surface area contributed by atoms with E-state index in [-0.39, 0.29) is 12.4 Å². The fraction of sp³-hybridized carbons (Fsp3) is 0.548. The van der Waals surface area contributed by atoms with E-state index in [1.165, 1.54) is 70.3 Å². The third kappa shape index (κ3) is 6.09. The number of rotatable bonds is 10. The van der Waals surface area contributed by atoms with Crippen LogP contribution in [-0.2, 0) is 0 Å². The molecule has 0 radical (unpaired) electrons. The first-order chi connectivity index (χ1) is 16.6. The van der Waals surface area contributed by atoms with Crippen molar-refractivity contribution in [1.82, 2.24) is 0 Å². The summed E-state index contributed by atoms with van der Waals surface area (Å²) in [6.45, 7) is 7.57. The van der Waals surface area contributed by atoms with Crippen LogP contribution >= 0.6 is 0 Å². The van der Waals surface area contributed by atoms with Crippen molar-refractivity contribution >= 4 is 10.8 Å². The van der Waals surface area contributed by atoms with Crippen molar-refractivity contribution in [2.24, 2.45) is 17.8 Å². The Kier molecular flexibility index (Phi) is 8.80. The van der Waals surface area contributed by atoms with Gasteiger partial charge in [-0.3, -0.25) is 0 Å². The van der Waals surface area contributed by atoms with Gasteiger partial charge in [-0.25, -0.2) is 4.39 Å². The van der Waals surface area contributed by atoms with Gasteiger partial charge in [0.15, 0.2) is 11.6 Å². The van der Waals surface area contributed by atoms with Crippen LogP contribution in [0.15, 0.2) is 49.6 Å². The predicted octanol–water partition coefficient (Wildman–Crippen LogP) is 9.51. The molecule has 184 valence electrons. The van der Waals surface area contributed by atoms with Crippen LogP contribution in [0.5, 0.6) is 5.75 Å². The zero-order valence-electron chi connectivity index (χ0n) is 20.5. The topological polar surface area (TPSA) is 9.23 Å². The summed E-state index contributed by atoms with van der Waals surface area (Å²) >= 11 is 0. The Hall–Kier alpha value is -2.16. The third-order valence-electron chi connectivity index (χ3n) is 8.41. The molecule has 0 unspecified atom stereocenters. The third-order valence-corrected chi connectivity index (χ3v) is 8.41. The lowest BCUT2D eigenvalue weighted by Gasteiger charge is -2.32. The highest BCUT2D eigenvalue weighted by molar-refractivity contribution is 5.85. The fourth-order valence-electron chi connectivity index (χ4n) is 6.25. The molecule has 2 aliphatic rings. The minimum Gasteiger partial charge on any atom is -0.486 e. The quantitative estimate of drug-likeness (QED) is 0.317. The molecule has 0 amide bonds. The van der Waals surface area contributed by atoms with Crippen LogP contribution in [0.2, 0.25) is 0 Å². The molecule has 0 aromatic heterocycles. The molecule has 2 aromatic rings. The first kappa shape index (κ1) is 24.9. The lowest BCUT2D eigenvalue weighted by atomic mass is 9.74. The zero-order chi connectivity index (χ0) is 23.9. The van der Waals surface area contributed by atoms with Gasteiger partial charge in [0.2, 0.25) is 5.82 Å². The van der Waals surface area contributed by atoms with Gasteiger partial charge in [0.25, 0.3) is 0 Å². The molecule has 0 N–H and O–H groups in total. The minimum absolute atomic E-state index is 0.0524. The average Bonchev–Trinajstić information content (AvgIpc) is 2.88. The van der Waals surface area contributed by atoms with Crippen LogP contribution in [-0.4, -0.2) is 6.61 Å². The standard InChI is InChI=1S/C31H40F2O/c1-3-5-6-22-7-9-23(10-8-22)11-12-24-13-15-25(16-14-24)26-17-18-27-21-29(34-19-4-2)31(33)30(32)28(27)20-26/h3-4,17-18,20-25H,1-2,5-16,19H2. The number of fused-ring (bicyclic) bond motifs is 1. The Morgan fingerprint density at radius 1 is 0.765 bits per heavy atom. The summed E-state index contributed by atoms with van der Waals surface area (Å²) in [6, 6.07) is 7.45. The van der Waals surface area contributed by atoms with E-state index in [0.29, 0.717) is 16.7 Å². The van der Waals surface area contributed by atoms with Crippen molar-refractivity contribution in [2.75, 3.05) is 6.61 Å². The maximum absolute atomic E-state index is 14.8. The monoisotopic (exact) mass is 466 g/mol. The van der Waals surface area contributed by atoms with E-state index in [4.69, 9.17) is 4.74 Å². The second-order valence-corrected chi connectivity index (χ2v) is 10.6. The summed E-state index contributed by atoms with van der Waals surface area (Å²) in [5.74, 6) is 1.35. The van der Waals surface area contributed by atoms with Crippen molar-refractivity contribution in [3.8, 4) is 5.75 Å². The first-order valence-corrected chi connectivity index (χ1v) is 13.3. The second-order valence-electron chi connectivity index (χ2n) is 10.6. The summed E-state index contributed by atoms with van der Waals surface area (Å²) in [5.41, 5.74) is 1.14. The van der Waals surface area contributed by atoms with Gasteiger partial charge in [-0.05, 0) is 85.3 Å². The van der Waals surface area contributed by atoms with Crippen molar-refractivity contribution in [1.29, 1.82) is 0 Å². The number of allylic oxidation sites excluding steroid dienone is 1. The van der Waals surface area contributed by atoms with Crippen LogP contribution in [0.4, 0.5) is 8.78 Å². The predicted molar refractivity (Wildman–Crippen MR) is 138 cm³/mol. The Balaban J connectivity index is 1.28. The number of hydrogen-bond acceptors (Lipinski definition) is 1. The Bertz CT molecular complexity index is 965. The Labute approximate surface area is 204 Å². The highest BCUT2D eigenvalue weighted by Gasteiger charge is 2.26. The highest BCUT2D eigenvalue weighted by Crippen LogP contribution is 2.41. The van der Waals surface area contributed by atoms with Gasteiger partial charge in [-0.15, -0.1) is 6.58 Å². The molecule has 34 heavy (non-hydrogen) atoms. The maximum atomic E-state index is 14.8. The van der Waals surface area contributed by atoms with Crippen LogP contribution in [0.1, 0.15) is 88.5 Å².